The van der Waals surface area contributed by atoms with Crippen LogP contribution >= 0.6 is 0 Å². The number of aryl methyl sites for hydroxylation is 1. The zero-order valence-electron chi connectivity index (χ0n) is 21.2. The lowest BCUT2D eigenvalue weighted by molar-refractivity contribution is 0.0785. The van der Waals surface area contributed by atoms with E-state index in [0.29, 0.717) is 35.7 Å². The molecule has 0 radical (unpaired) electrons. The van der Waals surface area contributed by atoms with E-state index in [2.05, 4.69) is 27.3 Å². The molecule has 2 aromatic carbocycles. The van der Waals surface area contributed by atoms with Crippen LogP contribution in [0.1, 0.15) is 58.3 Å². The summed E-state index contributed by atoms with van der Waals surface area (Å²) in [5, 5.41) is 18.7. The lowest BCUT2D eigenvalue weighted by atomic mass is 9.91. The van der Waals surface area contributed by atoms with Crippen LogP contribution in [0, 0.1) is 18.8 Å². The predicted molar refractivity (Wildman–Crippen MR) is 140 cm³/mol. The van der Waals surface area contributed by atoms with Gasteiger partial charge in [-0.25, -0.2) is 0 Å². The molecule has 1 aliphatic carbocycles. The molecule has 5 rings (SSSR count). The first-order chi connectivity index (χ1) is 18.0. The molecular weight excluding hydrogens is 464 g/mol. The summed E-state index contributed by atoms with van der Waals surface area (Å²) < 4.78 is 5.49. The fourth-order valence-corrected chi connectivity index (χ4v) is 5.30. The van der Waals surface area contributed by atoms with E-state index in [4.69, 9.17) is 4.42 Å². The van der Waals surface area contributed by atoms with Crippen molar-refractivity contribution in [2.45, 2.75) is 45.3 Å². The van der Waals surface area contributed by atoms with Crippen LogP contribution in [0.5, 0.6) is 0 Å². The van der Waals surface area contributed by atoms with Gasteiger partial charge >= 0.3 is 0 Å². The molecular formula is C30H32N4O3. The van der Waals surface area contributed by atoms with Crippen molar-refractivity contribution in [2.24, 2.45) is 11.8 Å². The molecule has 1 N–H and O–H groups in total. The number of aliphatic hydroxyl groups is 1. The molecule has 1 saturated carbocycles. The lowest BCUT2D eigenvalue weighted by Crippen LogP contribution is -2.26. The van der Waals surface area contributed by atoms with Crippen molar-refractivity contribution in [3.05, 3.63) is 101 Å². The highest BCUT2D eigenvalue weighted by atomic mass is 16.4. The number of hydrogen-bond donors (Lipinski definition) is 1. The van der Waals surface area contributed by atoms with Crippen molar-refractivity contribution in [3.8, 4) is 11.5 Å². The summed E-state index contributed by atoms with van der Waals surface area (Å²) >= 11 is 0. The summed E-state index contributed by atoms with van der Waals surface area (Å²) in [5.74, 6) is 1.72. The Morgan fingerprint density at radius 1 is 1.05 bits per heavy atom. The highest BCUT2D eigenvalue weighted by Gasteiger charge is 2.30. The largest absolute Gasteiger partial charge is 0.421 e. The standard InChI is InChI=1S/C30H32N4O3/c1-20-32-33-29(37-20)27-16-23(17-31-18-27)19-34(2)30(36)25-11-8-21(9-12-25)14-22-10-13-26(15-22)28(35)24-6-4-3-5-7-24/h3-9,11-12,16-18,22,26,28,35H,10,13-15,19H2,1-2H3/t22-,26-,28+/m0/s1. The van der Waals surface area contributed by atoms with Gasteiger partial charge in [0.1, 0.15) is 0 Å². The van der Waals surface area contributed by atoms with Crippen molar-refractivity contribution in [1.82, 2.24) is 20.1 Å². The van der Waals surface area contributed by atoms with Gasteiger partial charge in [0.15, 0.2) is 0 Å². The van der Waals surface area contributed by atoms with Crippen LogP contribution < -0.4 is 0 Å². The molecule has 2 heterocycles. The lowest BCUT2D eigenvalue weighted by Gasteiger charge is -2.19. The molecule has 1 aliphatic rings. The molecule has 0 spiro atoms. The maximum absolute atomic E-state index is 13.1. The zero-order chi connectivity index (χ0) is 25.8. The van der Waals surface area contributed by atoms with Gasteiger partial charge in [-0.1, -0.05) is 42.5 Å². The van der Waals surface area contributed by atoms with E-state index in [1.807, 2.05) is 48.5 Å². The first-order valence-corrected chi connectivity index (χ1v) is 12.8. The van der Waals surface area contributed by atoms with Crippen LogP contribution in [-0.4, -0.2) is 38.1 Å². The van der Waals surface area contributed by atoms with E-state index in [9.17, 15) is 9.90 Å². The molecule has 1 fully saturated rings. The third-order valence-electron chi connectivity index (χ3n) is 7.23. The maximum Gasteiger partial charge on any atom is 0.253 e. The Labute approximate surface area is 217 Å². The van der Waals surface area contributed by atoms with Gasteiger partial charge in [-0.15, -0.1) is 10.2 Å². The topological polar surface area (TPSA) is 92.4 Å². The van der Waals surface area contributed by atoms with E-state index in [-0.39, 0.29) is 5.91 Å². The fourth-order valence-electron chi connectivity index (χ4n) is 5.30. The average molecular weight is 497 g/mol. The Morgan fingerprint density at radius 3 is 2.57 bits per heavy atom. The van der Waals surface area contributed by atoms with Crippen molar-refractivity contribution in [3.63, 3.8) is 0 Å². The fraction of sp³-hybridized carbons (Fsp3) is 0.333. The Balaban J connectivity index is 1.16. The van der Waals surface area contributed by atoms with Crippen LogP contribution in [0.3, 0.4) is 0 Å². The highest BCUT2D eigenvalue weighted by molar-refractivity contribution is 5.94. The smallest absolute Gasteiger partial charge is 0.253 e. The second-order valence-corrected chi connectivity index (χ2v) is 10.1. The number of carbonyl (C=O) groups is 1. The molecule has 1 amide bonds. The van der Waals surface area contributed by atoms with Crippen LogP contribution in [0.25, 0.3) is 11.5 Å². The minimum absolute atomic E-state index is 0.0440. The Hall–Kier alpha value is -3.84. The van der Waals surface area contributed by atoms with Gasteiger partial charge in [0.2, 0.25) is 11.8 Å². The number of aliphatic hydroxyl groups excluding tert-OH is 1. The monoisotopic (exact) mass is 496 g/mol. The molecule has 7 heteroatoms. The molecule has 37 heavy (non-hydrogen) atoms. The van der Waals surface area contributed by atoms with Crippen LogP contribution in [0.4, 0.5) is 0 Å². The third kappa shape index (κ3) is 5.94. The SMILES string of the molecule is Cc1nnc(-c2cncc(CN(C)C(=O)c3ccc(C[C@@H]4CC[C@H]([C@H](O)c5ccccc5)C4)cc3)c2)o1. The summed E-state index contributed by atoms with van der Waals surface area (Å²) in [6, 6.07) is 19.8. The highest BCUT2D eigenvalue weighted by Crippen LogP contribution is 2.40. The summed E-state index contributed by atoms with van der Waals surface area (Å²) in [7, 11) is 1.79. The second kappa shape index (κ2) is 11.0. The second-order valence-electron chi connectivity index (χ2n) is 10.1. The van der Waals surface area contributed by atoms with Crippen molar-refractivity contribution in [2.75, 3.05) is 7.05 Å². The van der Waals surface area contributed by atoms with E-state index in [0.717, 1.165) is 42.4 Å². The van der Waals surface area contributed by atoms with Crippen LogP contribution in [-0.2, 0) is 13.0 Å². The molecule has 2 aromatic heterocycles. The van der Waals surface area contributed by atoms with Gasteiger partial charge in [-0.05, 0) is 72.4 Å². The van der Waals surface area contributed by atoms with Gasteiger partial charge in [0.25, 0.3) is 5.91 Å². The number of nitrogens with zero attached hydrogens (tertiary/aromatic N) is 4. The van der Waals surface area contributed by atoms with Gasteiger partial charge in [-0.2, -0.15) is 0 Å². The van der Waals surface area contributed by atoms with Gasteiger partial charge in [0, 0.05) is 38.5 Å². The van der Waals surface area contributed by atoms with Crippen molar-refractivity contribution in [1.29, 1.82) is 0 Å². The van der Waals surface area contributed by atoms with Gasteiger partial charge in [0.05, 0.1) is 11.7 Å². The minimum Gasteiger partial charge on any atom is -0.421 e. The van der Waals surface area contributed by atoms with E-state index in [1.165, 1.54) is 5.56 Å². The molecule has 0 unspecified atom stereocenters. The summed E-state index contributed by atoms with van der Waals surface area (Å²) in [4.78, 5) is 19.0. The van der Waals surface area contributed by atoms with Crippen LogP contribution in [0.2, 0.25) is 0 Å². The Bertz CT molecular complexity index is 1340. The normalized spacial score (nSPS) is 18.0. The number of amides is 1. The van der Waals surface area contributed by atoms with Crippen molar-refractivity contribution >= 4 is 5.91 Å². The molecule has 7 nitrogen and oxygen atoms in total. The Kier molecular flexibility index (Phi) is 7.42. The molecule has 0 aliphatic heterocycles. The van der Waals surface area contributed by atoms with Gasteiger partial charge < -0.3 is 14.4 Å². The van der Waals surface area contributed by atoms with E-state index >= 15 is 0 Å². The zero-order valence-corrected chi connectivity index (χ0v) is 21.2. The Morgan fingerprint density at radius 2 is 1.84 bits per heavy atom. The van der Waals surface area contributed by atoms with E-state index in [1.54, 1.807) is 31.3 Å². The quantitative estimate of drug-likeness (QED) is 0.351. The molecule has 3 atom stereocenters. The minimum atomic E-state index is -0.395. The average Bonchev–Trinajstić information content (AvgIpc) is 3.58. The summed E-state index contributed by atoms with van der Waals surface area (Å²) in [6.45, 7) is 2.16. The van der Waals surface area contributed by atoms with Crippen molar-refractivity contribution < 1.29 is 14.3 Å². The molecule has 0 saturated heterocycles. The summed E-state index contributed by atoms with van der Waals surface area (Å²) in [5.41, 5.74) is 4.51. The number of pyridine rings is 1. The number of hydrogen-bond acceptors (Lipinski definition) is 6. The first kappa shape index (κ1) is 24.8. The van der Waals surface area contributed by atoms with E-state index < -0.39 is 6.10 Å². The molecule has 190 valence electrons. The van der Waals surface area contributed by atoms with Crippen LogP contribution in [0.15, 0.2) is 77.5 Å². The predicted octanol–water partition coefficient (Wildman–Crippen LogP) is 5.40. The molecule has 0 bridgehead atoms. The number of aromatic nitrogens is 3. The number of carbonyl (C=O) groups excluding carboxylic acids is 1. The number of benzene rings is 2. The third-order valence-corrected chi connectivity index (χ3v) is 7.23. The number of rotatable bonds is 8. The maximum atomic E-state index is 13.1. The van der Waals surface area contributed by atoms with Gasteiger partial charge in [-0.3, -0.25) is 9.78 Å². The first-order valence-electron chi connectivity index (χ1n) is 12.8. The molecule has 4 aromatic rings. The summed E-state index contributed by atoms with van der Waals surface area (Å²) in [6.07, 6.45) is 7.17.